The van der Waals surface area contributed by atoms with Crippen LogP contribution in [0.15, 0.2) is 54.1 Å². The summed E-state index contributed by atoms with van der Waals surface area (Å²) in [4.78, 5) is 26.1. The lowest BCUT2D eigenvalue weighted by molar-refractivity contribution is -0.112. The number of nitrogens with zero attached hydrogens (tertiary/aromatic N) is 4. The smallest absolute Gasteiger partial charge is 0.266 e. The predicted molar refractivity (Wildman–Crippen MR) is 124 cm³/mol. The minimum absolute atomic E-state index is 0.158. The van der Waals surface area contributed by atoms with E-state index in [9.17, 15) is 19.2 Å². The third-order valence-corrected chi connectivity index (χ3v) is 5.20. The van der Waals surface area contributed by atoms with E-state index in [-0.39, 0.29) is 22.5 Å². The fourth-order valence-electron chi connectivity index (χ4n) is 3.04. The van der Waals surface area contributed by atoms with Crippen LogP contribution >= 0.6 is 11.6 Å². The van der Waals surface area contributed by atoms with Crippen LogP contribution in [0.25, 0.3) is 6.08 Å². The summed E-state index contributed by atoms with van der Waals surface area (Å²) in [6.07, 6.45) is 1.38. The van der Waals surface area contributed by atoms with Crippen LogP contribution in [-0.2, 0) is 11.3 Å². The standard InChI is InChI=1S/C24H21ClFN5O2/c1-15-21(22(25)31(29-15)14-16-4-8-19(26)9-5-16)12-18(13-27)23(32)28-20-10-6-17(7-11-20)24(33)30(2)3/h4-12H,14H2,1-3H3,(H,28,32)/b18-12+. The highest BCUT2D eigenvalue weighted by Crippen LogP contribution is 2.24. The fraction of sp³-hybridized carbons (Fsp3) is 0.167. The summed E-state index contributed by atoms with van der Waals surface area (Å²) in [7, 11) is 3.30. The molecule has 0 bridgehead atoms. The molecule has 0 radical (unpaired) electrons. The van der Waals surface area contributed by atoms with Crippen molar-refractivity contribution in [2.75, 3.05) is 19.4 Å². The van der Waals surface area contributed by atoms with Crippen molar-refractivity contribution in [3.63, 3.8) is 0 Å². The Labute approximate surface area is 195 Å². The van der Waals surface area contributed by atoms with Gasteiger partial charge in [0.25, 0.3) is 11.8 Å². The van der Waals surface area contributed by atoms with Gasteiger partial charge in [0.05, 0.1) is 12.2 Å². The fourth-order valence-corrected chi connectivity index (χ4v) is 3.33. The molecule has 9 heteroatoms. The first-order valence-corrected chi connectivity index (χ1v) is 10.3. The molecule has 33 heavy (non-hydrogen) atoms. The Bertz CT molecular complexity index is 1260. The third kappa shape index (κ3) is 5.64. The van der Waals surface area contributed by atoms with E-state index in [1.54, 1.807) is 57.4 Å². The van der Waals surface area contributed by atoms with Crippen molar-refractivity contribution in [1.29, 1.82) is 5.26 Å². The van der Waals surface area contributed by atoms with Gasteiger partial charge in [-0.25, -0.2) is 9.07 Å². The molecule has 7 nitrogen and oxygen atoms in total. The first-order valence-electron chi connectivity index (χ1n) is 9.91. The lowest BCUT2D eigenvalue weighted by Gasteiger charge is -2.11. The summed E-state index contributed by atoms with van der Waals surface area (Å²) in [5.41, 5.74) is 2.53. The minimum atomic E-state index is -0.620. The first kappa shape index (κ1) is 23.7. The van der Waals surface area contributed by atoms with Crippen molar-refractivity contribution in [1.82, 2.24) is 14.7 Å². The number of anilines is 1. The molecule has 0 saturated carbocycles. The Morgan fingerprint density at radius 1 is 1.18 bits per heavy atom. The Morgan fingerprint density at radius 2 is 1.82 bits per heavy atom. The summed E-state index contributed by atoms with van der Waals surface area (Å²) in [5, 5.41) is 16.8. The Balaban J connectivity index is 1.79. The van der Waals surface area contributed by atoms with Crippen molar-refractivity contribution < 1.29 is 14.0 Å². The van der Waals surface area contributed by atoms with Crippen LogP contribution in [0, 0.1) is 24.1 Å². The molecule has 0 aliphatic rings. The van der Waals surface area contributed by atoms with Crippen molar-refractivity contribution in [3.05, 3.63) is 87.5 Å². The van der Waals surface area contributed by atoms with E-state index in [0.29, 0.717) is 29.1 Å². The van der Waals surface area contributed by atoms with Crippen LogP contribution in [0.1, 0.15) is 27.2 Å². The number of halogens is 2. The second-order valence-electron chi connectivity index (χ2n) is 7.47. The number of nitriles is 1. The zero-order valence-corrected chi connectivity index (χ0v) is 19.0. The maximum absolute atomic E-state index is 13.1. The van der Waals surface area contributed by atoms with Gasteiger partial charge >= 0.3 is 0 Å². The number of benzene rings is 2. The highest BCUT2D eigenvalue weighted by Gasteiger charge is 2.17. The summed E-state index contributed by atoms with van der Waals surface area (Å²) in [6, 6.07) is 14.2. The molecule has 1 aromatic heterocycles. The van der Waals surface area contributed by atoms with Crippen molar-refractivity contribution in [2.24, 2.45) is 0 Å². The van der Waals surface area contributed by atoms with E-state index in [1.807, 2.05) is 6.07 Å². The van der Waals surface area contributed by atoms with E-state index in [0.717, 1.165) is 5.56 Å². The molecule has 0 unspecified atom stereocenters. The van der Waals surface area contributed by atoms with Crippen molar-refractivity contribution >= 4 is 35.2 Å². The SMILES string of the molecule is Cc1nn(Cc2ccc(F)cc2)c(Cl)c1/C=C(\C#N)C(=O)Nc1ccc(C(=O)N(C)C)cc1. The Hall–Kier alpha value is -3.96. The zero-order valence-electron chi connectivity index (χ0n) is 18.3. The van der Waals surface area contributed by atoms with Crippen LogP contribution in [0.3, 0.4) is 0 Å². The second kappa shape index (κ2) is 10.1. The van der Waals surface area contributed by atoms with Gasteiger partial charge in [-0.15, -0.1) is 0 Å². The Morgan fingerprint density at radius 3 is 2.39 bits per heavy atom. The van der Waals surface area contributed by atoms with Crippen molar-refractivity contribution in [2.45, 2.75) is 13.5 Å². The molecule has 2 amide bonds. The first-order chi connectivity index (χ1) is 15.7. The largest absolute Gasteiger partial charge is 0.345 e. The van der Waals surface area contributed by atoms with Crippen LogP contribution < -0.4 is 5.32 Å². The molecule has 0 aliphatic heterocycles. The lowest BCUT2D eigenvalue weighted by atomic mass is 10.1. The number of amides is 2. The summed E-state index contributed by atoms with van der Waals surface area (Å²) >= 11 is 6.45. The molecule has 0 spiro atoms. The molecule has 3 aromatic rings. The van der Waals surface area contributed by atoms with Gasteiger partial charge in [0, 0.05) is 30.9 Å². The maximum atomic E-state index is 13.1. The number of rotatable bonds is 6. The highest BCUT2D eigenvalue weighted by molar-refractivity contribution is 6.31. The zero-order chi connectivity index (χ0) is 24.1. The molecule has 3 rings (SSSR count). The maximum Gasteiger partial charge on any atom is 0.266 e. The molecule has 0 fully saturated rings. The molecule has 0 saturated heterocycles. The van der Waals surface area contributed by atoms with Crippen molar-refractivity contribution in [3.8, 4) is 6.07 Å². The number of nitrogens with one attached hydrogen (secondary N) is 1. The van der Waals surface area contributed by atoms with Gasteiger partial charge in [-0.2, -0.15) is 10.4 Å². The molecule has 1 heterocycles. The van der Waals surface area contributed by atoms with E-state index in [4.69, 9.17) is 11.6 Å². The monoisotopic (exact) mass is 465 g/mol. The van der Waals surface area contributed by atoms with E-state index in [2.05, 4.69) is 10.4 Å². The van der Waals surface area contributed by atoms with Crippen LogP contribution in [-0.4, -0.2) is 40.6 Å². The quantitative estimate of drug-likeness (QED) is 0.434. The number of aromatic nitrogens is 2. The summed E-state index contributed by atoms with van der Waals surface area (Å²) in [5.74, 6) is -1.12. The normalized spacial score (nSPS) is 11.1. The summed E-state index contributed by atoms with van der Waals surface area (Å²) < 4.78 is 14.6. The second-order valence-corrected chi connectivity index (χ2v) is 7.83. The number of hydrogen-bond acceptors (Lipinski definition) is 4. The number of hydrogen-bond donors (Lipinski definition) is 1. The number of carbonyl (C=O) groups excluding carboxylic acids is 2. The number of carbonyl (C=O) groups is 2. The van der Waals surface area contributed by atoms with Crippen LogP contribution in [0.5, 0.6) is 0 Å². The van der Waals surface area contributed by atoms with E-state index < -0.39 is 5.91 Å². The Kier molecular flexibility index (Phi) is 7.26. The average Bonchev–Trinajstić information content (AvgIpc) is 3.05. The highest BCUT2D eigenvalue weighted by atomic mass is 35.5. The molecule has 0 aliphatic carbocycles. The van der Waals surface area contributed by atoms with Gasteiger partial charge in [0.2, 0.25) is 0 Å². The van der Waals surface area contributed by atoms with Gasteiger partial charge in [-0.1, -0.05) is 23.7 Å². The van der Waals surface area contributed by atoms with Crippen LogP contribution in [0.2, 0.25) is 5.15 Å². The number of aryl methyl sites for hydroxylation is 1. The molecule has 0 atom stereocenters. The van der Waals surface area contributed by atoms with Crippen LogP contribution in [0.4, 0.5) is 10.1 Å². The summed E-state index contributed by atoms with van der Waals surface area (Å²) in [6.45, 7) is 2.02. The van der Waals surface area contributed by atoms with E-state index in [1.165, 1.54) is 27.8 Å². The minimum Gasteiger partial charge on any atom is -0.345 e. The van der Waals surface area contributed by atoms with Gasteiger partial charge in [0.15, 0.2) is 0 Å². The lowest BCUT2D eigenvalue weighted by Crippen LogP contribution is -2.21. The van der Waals surface area contributed by atoms with Gasteiger partial charge in [-0.05, 0) is 55.0 Å². The van der Waals surface area contributed by atoms with Gasteiger partial charge < -0.3 is 10.2 Å². The topological polar surface area (TPSA) is 91.0 Å². The molecular formula is C24H21ClFN5O2. The van der Waals surface area contributed by atoms with Gasteiger partial charge in [0.1, 0.15) is 22.6 Å². The third-order valence-electron chi connectivity index (χ3n) is 4.80. The average molecular weight is 466 g/mol. The molecule has 2 aromatic carbocycles. The van der Waals surface area contributed by atoms with Gasteiger partial charge in [-0.3, -0.25) is 9.59 Å². The predicted octanol–water partition coefficient (Wildman–Crippen LogP) is 4.28. The molecular weight excluding hydrogens is 445 g/mol. The van der Waals surface area contributed by atoms with E-state index >= 15 is 0 Å². The molecule has 168 valence electrons. The molecule has 1 N–H and O–H groups in total.